The van der Waals surface area contributed by atoms with E-state index in [1.165, 1.54) is 18.3 Å². The smallest absolute Gasteiger partial charge is 0.242 e. The van der Waals surface area contributed by atoms with Crippen LogP contribution < -0.4 is 10.5 Å². The number of nitrogens with one attached hydrogen (secondary N) is 1. The van der Waals surface area contributed by atoms with Gasteiger partial charge in [-0.1, -0.05) is 30.3 Å². The number of hydrogen-bond acceptors (Lipinski definition) is 5. The zero-order valence-corrected chi connectivity index (χ0v) is 12.1. The highest BCUT2D eigenvalue weighted by Crippen LogP contribution is 2.11. The molecule has 0 aliphatic heterocycles. The molecule has 112 valence electrons. The van der Waals surface area contributed by atoms with Crippen molar-refractivity contribution >= 4 is 15.8 Å². The van der Waals surface area contributed by atoms with Crippen LogP contribution in [0.2, 0.25) is 0 Å². The van der Waals surface area contributed by atoms with Gasteiger partial charge in [-0.3, -0.25) is 0 Å². The van der Waals surface area contributed by atoms with Crippen molar-refractivity contribution in [3.8, 4) is 0 Å². The molecule has 0 amide bonds. The van der Waals surface area contributed by atoms with E-state index in [0.717, 1.165) is 5.56 Å². The molecule has 0 saturated heterocycles. The molecule has 4 N–H and O–H groups in total. The Morgan fingerprint density at radius 1 is 1.19 bits per heavy atom. The average molecular weight is 307 g/mol. The van der Waals surface area contributed by atoms with Crippen LogP contribution in [-0.4, -0.2) is 31.2 Å². The van der Waals surface area contributed by atoms with Crippen molar-refractivity contribution in [1.82, 2.24) is 9.71 Å². The van der Waals surface area contributed by atoms with Crippen LogP contribution in [-0.2, 0) is 16.4 Å². The summed E-state index contributed by atoms with van der Waals surface area (Å²) in [5.74, 6) is 0.247. The number of anilines is 1. The molecule has 1 heterocycles. The molecule has 0 radical (unpaired) electrons. The zero-order valence-electron chi connectivity index (χ0n) is 11.3. The van der Waals surface area contributed by atoms with E-state index in [-0.39, 0.29) is 17.3 Å². The molecular formula is C14H17N3O3S. The minimum atomic E-state index is -3.74. The summed E-state index contributed by atoms with van der Waals surface area (Å²) in [6.07, 6.45) is 1.59. The van der Waals surface area contributed by atoms with Crippen LogP contribution >= 0.6 is 0 Å². The van der Waals surface area contributed by atoms with E-state index in [2.05, 4.69) is 9.71 Å². The average Bonchev–Trinajstić information content (AvgIpc) is 2.48. The van der Waals surface area contributed by atoms with Crippen LogP contribution in [0.1, 0.15) is 5.56 Å². The van der Waals surface area contributed by atoms with Crippen molar-refractivity contribution < 1.29 is 13.5 Å². The van der Waals surface area contributed by atoms with Crippen LogP contribution in [0.3, 0.4) is 0 Å². The Hall–Kier alpha value is -1.96. The SMILES string of the molecule is Nc1ccc(S(=O)(=O)NC(CO)Cc2ccccc2)cn1. The number of pyridine rings is 1. The molecule has 1 aromatic heterocycles. The molecule has 1 atom stereocenters. The van der Waals surface area contributed by atoms with Gasteiger partial charge in [0.1, 0.15) is 10.7 Å². The predicted molar refractivity (Wildman–Crippen MR) is 80.0 cm³/mol. The second kappa shape index (κ2) is 6.66. The minimum absolute atomic E-state index is 0.0169. The normalized spacial score (nSPS) is 13.0. The van der Waals surface area contributed by atoms with Crippen molar-refractivity contribution in [3.63, 3.8) is 0 Å². The van der Waals surface area contributed by atoms with Gasteiger partial charge in [0.05, 0.1) is 6.61 Å². The third kappa shape index (κ3) is 4.25. The number of nitrogens with zero attached hydrogens (tertiary/aromatic N) is 1. The molecule has 1 aromatic carbocycles. The topological polar surface area (TPSA) is 105 Å². The largest absolute Gasteiger partial charge is 0.395 e. The number of hydrogen-bond donors (Lipinski definition) is 3. The van der Waals surface area contributed by atoms with Crippen molar-refractivity contribution in [3.05, 3.63) is 54.2 Å². The first-order chi connectivity index (χ1) is 10.0. The van der Waals surface area contributed by atoms with Gasteiger partial charge in [-0.2, -0.15) is 0 Å². The van der Waals surface area contributed by atoms with Gasteiger partial charge in [0.2, 0.25) is 10.0 Å². The molecule has 0 spiro atoms. The second-order valence-corrected chi connectivity index (χ2v) is 6.32. The Morgan fingerprint density at radius 2 is 1.90 bits per heavy atom. The van der Waals surface area contributed by atoms with Gasteiger partial charge in [-0.15, -0.1) is 0 Å². The van der Waals surface area contributed by atoms with Gasteiger partial charge < -0.3 is 10.8 Å². The summed E-state index contributed by atoms with van der Waals surface area (Å²) in [5, 5.41) is 9.38. The number of aliphatic hydroxyl groups excluding tert-OH is 1. The Kier molecular flexibility index (Phi) is 4.89. The van der Waals surface area contributed by atoms with E-state index in [4.69, 9.17) is 5.73 Å². The lowest BCUT2D eigenvalue weighted by atomic mass is 10.1. The van der Waals surface area contributed by atoms with Gasteiger partial charge in [0.15, 0.2) is 0 Å². The maximum absolute atomic E-state index is 12.2. The number of aliphatic hydroxyl groups is 1. The van der Waals surface area contributed by atoms with E-state index < -0.39 is 16.1 Å². The van der Waals surface area contributed by atoms with E-state index in [9.17, 15) is 13.5 Å². The lowest BCUT2D eigenvalue weighted by Gasteiger charge is -2.16. The number of sulfonamides is 1. The Bertz CT molecular complexity index is 672. The van der Waals surface area contributed by atoms with Crippen molar-refractivity contribution in [2.45, 2.75) is 17.4 Å². The first-order valence-corrected chi connectivity index (χ1v) is 7.88. The van der Waals surface area contributed by atoms with Crippen LogP contribution in [0.4, 0.5) is 5.82 Å². The number of nitrogen functional groups attached to an aromatic ring is 1. The molecular weight excluding hydrogens is 290 g/mol. The van der Waals surface area contributed by atoms with Crippen molar-refractivity contribution in [2.75, 3.05) is 12.3 Å². The summed E-state index contributed by atoms with van der Waals surface area (Å²) in [7, 11) is -3.74. The Labute approximate surface area is 123 Å². The lowest BCUT2D eigenvalue weighted by molar-refractivity contribution is 0.256. The molecule has 6 nitrogen and oxygen atoms in total. The summed E-state index contributed by atoms with van der Waals surface area (Å²) in [5.41, 5.74) is 6.37. The molecule has 7 heteroatoms. The number of benzene rings is 1. The van der Waals surface area contributed by atoms with Crippen molar-refractivity contribution in [1.29, 1.82) is 0 Å². The third-order valence-corrected chi connectivity index (χ3v) is 4.44. The maximum atomic E-state index is 12.2. The van der Waals surface area contributed by atoms with Gasteiger partial charge >= 0.3 is 0 Å². The van der Waals surface area contributed by atoms with Crippen LogP contribution in [0.5, 0.6) is 0 Å². The fraction of sp³-hybridized carbons (Fsp3) is 0.214. The number of aromatic nitrogens is 1. The Balaban J connectivity index is 2.12. The van der Waals surface area contributed by atoms with Gasteiger partial charge in [-0.25, -0.2) is 18.1 Å². The highest BCUT2D eigenvalue weighted by molar-refractivity contribution is 7.89. The molecule has 0 fully saturated rings. The summed E-state index contributed by atoms with van der Waals surface area (Å²) in [6, 6.07) is 11.5. The van der Waals surface area contributed by atoms with E-state index in [1.54, 1.807) is 0 Å². The minimum Gasteiger partial charge on any atom is -0.395 e. The fourth-order valence-electron chi connectivity index (χ4n) is 1.88. The van der Waals surface area contributed by atoms with E-state index >= 15 is 0 Å². The first-order valence-electron chi connectivity index (χ1n) is 6.40. The van der Waals surface area contributed by atoms with E-state index in [0.29, 0.717) is 6.42 Å². The summed E-state index contributed by atoms with van der Waals surface area (Å²) in [4.78, 5) is 3.78. The predicted octanol–water partition coefficient (Wildman–Crippen LogP) is 0.546. The van der Waals surface area contributed by atoms with Gasteiger partial charge in [0, 0.05) is 12.2 Å². The van der Waals surface area contributed by atoms with Crippen LogP contribution in [0, 0.1) is 0 Å². The zero-order chi connectivity index (χ0) is 15.3. The third-order valence-electron chi connectivity index (χ3n) is 2.94. The second-order valence-electron chi connectivity index (χ2n) is 4.61. The van der Waals surface area contributed by atoms with E-state index in [1.807, 2.05) is 30.3 Å². The number of nitrogens with two attached hydrogens (primary N) is 1. The summed E-state index contributed by atoms with van der Waals surface area (Å²) >= 11 is 0. The molecule has 0 aliphatic rings. The van der Waals surface area contributed by atoms with Gasteiger partial charge in [0.25, 0.3) is 0 Å². The molecule has 2 aromatic rings. The lowest BCUT2D eigenvalue weighted by Crippen LogP contribution is -2.39. The highest BCUT2D eigenvalue weighted by Gasteiger charge is 2.20. The summed E-state index contributed by atoms with van der Waals surface area (Å²) < 4.78 is 26.9. The summed E-state index contributed by atoms with van der Waals surface area (Å²) in [6.45, 7) is -0.295. The molecule has 0 aliphatic carbocycles. The molecule has 2 rings (SSSR count). The highest BCUT2D eigenvalue weighted by atomic mass is 32.2. The molecule has 1 unspecified atom stereocenters. The number of rotatable bonds is 6. The molecule has 21 heavy (non-hydrogen) atoms. The standard InChI is InChI=1S/C14H17N3O3S/c15-14-7-6-13(9-16-14)21(19,20)17-12(10-18)8-11-4-2-1-3-5-11/h1-7,9,12,17-18H,8,10H2,(H2,15,16). The maximum Gasteiger partial charge on any atom is 0.242 e. The molecule has 0 saturated carbocycles. The Morgan fingerprint density at radius 3 is 2.48 bits per heavy atom. The van der Waals surface area contributed by atoms with Gasteiger partial charge in [-0.05, 0) is 24.1 Å². The van der Waals surface area contributed by atoms with Crippen molar-refractivity contribution in [2.24, 2.45) is 0 Å². The molecule has 0 bridgehead atoms. The van der Waals surface area contributed by atoms with Crippen LogP contribution in [0.25, 0.3) is 0 Å². The quantitative estimate of drug-likeness (QED) is 0.722. The monoisotopic (exact) mass is 307 g/mol. The fourth-order valence-corrected chi connectivity index (χ4v) is 3.05. The van der Waals surface area contributed by atoms with Crippen LogP contribution in [0.15, 0.2) is 53.6 Å². The first kappa shape index (κ1) is 15.4.